The highest BCUT2D eigenvalue weighted by Crippen LogP contribution is 2.55. The Morgan fingerprint density at radius 2 is 2.27 bits per heavy atom. The van der Waals surface area contributed by atoms with Gasteiger partial charge in [0.1, 0.15) is 5.78 Å². The molecule has 2 atom stereocenters. The molecule has 2 heteroatoms. The van der Waals surface area contributed by atoms with E-state index in [0.717, 1.165) is 24.3 Å². The molecule has 1 fully saturated rings. The Kier molecular flexibility index (Phi) is 1.79. The van der Waals surface area contributed by atoms with E-state index in [1.165, 1.54) is 11.1 Å². The SMILES string of the molecule is C[C@]12Cc3cc(Cl)ccc3[C@H]1CCC2=O. The standard InChI is InChI=1S/C13H13ClO/c1-13-7-8-6-9(14)2-3-10(8)11(13)4-5-12(13)15/h2-3,6,11H,4-5,7H2,1H3/t11-,13+/m1/s1. The van der Waals surface area contributed by atoms with Gasteiger partial charge in [-0.05, 0) is 42.0 Å². The van der Waals surface area contributed by atoms with Crippen LogP contribution in [0.2, 0.25) is 5.02 Å². The van der Waals surface area contributed by atoms with E-state index in [4.69, 9.17) is 11.6 Å². The van der Waals surface area contributed by atoms with Crippen LogP contribution >= 0.6 is 11.6 Å². The zero-order chi connectivity index (χ0) is 10.6. The lowest BCUT2D eigenvalue weighted by Gasteiger charge is -2.21. The fourth-order valence-electron chi connectivity index (χ4n) is 3.26. The molecule has 0 bridgehead atoms. The maximum Gasteiger partial charge on any atom is 0.139 e. The molecule has 0 spiro atoms. The van der Waals surface area contributed by atoms with Gasteiger partial charge in [-0.1, -0.05) is 24.6 Å². The quantitative estimate of drug-likeness (QED) is 0.656. The molecule has 1 aromatic carbocycles. The molecule has 0 aromatic heterocycles. The van der Waals surface area contributed by atoms with Gasteiger partial charge in [0.2, 0.25) is 0 Å². The number of ketones is 1. The van der Waals surface area contributed by atoms with Crippen molar-refractivity contribution in [3.63, 3.8) is 0 Å². The summed E-state index contributed by atoms with van der Waals surface area (Å²) in [4.78, 5) is 11.9. The van der Waals surface area contributed by atoms with Crippen molar-refractivity contribution in [2.45, 2.75) is 32.1 Å². The smallest absolute Gasteiger partial charge is 0.139 e. The molecule has 0 amide bonds. The third-order valence-corrected chi connectivity index (χ3v) is 4.34. The van der Waals surface area contributed by atoms with Crippen LogP contribution in [0.5, 0.6) is 0 Å². The number of benzene rings is 1. The molecule has 78 valence electrons. The minimum atomic E-state index is -0.132. The second kappa shape index (κ2) is 2.85. The van der Waals surface area contributed by atoms with Crippen molar-refractivity contribution < 1.29 is 4.79 Å². The third kappa shape index (κ3) is 1.13. The number of fused-ring (bicyclic) bond motifs is 3. The Morgan fingerprint density at radius 3 is 3.07 bits per heavy atom. The molecule has 2 aliphatic carbocycles. The summed E-state index contributed by atoms with van der Waals surface area (Å²) in [6.45, 7) is 2.11. The molecular weight excluding hydrogens is 208 g/mol. The highest BCUT2D eigenvalue weighted by atomic mass is 35.5. The third-order valence-electron chi connectivity index (χ3n) is 4.10. The van der Waals surface area contributed by atoms with E-state index in [1.54, 1.807) is 0 Å². The summed E-state index contributed by atoms with van der Waals surface area (Å²) in [6.07, 6.45) is 2.65. The number of carbonyl (C=O) groups is 1. The van der Waals surface area contributed by atoms with Crippen LogP contribution in [0.15, 0.2) is 18.2 Å². The Hall–Kier alpha value is -0.820. The van der Waals surface area contributed by atoms with Crippen molar-refractivity contribution in [2.24, 2.45) is 5.41 Å². The maximum atomic E-state index is 11.9. The number of hydrogen-bond acceptors (Lipinski definition) is 1. The Balaban J connectivity index is 2.14. The van der Waals surface area contributed by atoms with Crippen molar-refractivity contribution in [3.05, 3.63) is 34.3 Å². The first-order valence-electron chi connectivity index (χ1n) is 5.43. The first-order valence-corrected chi connectivity index (χ1v) is 5.81. The van der Waals surface area contributed by atoms with Gasteiger partial charge in [0.15, 0.2) is 0 Å². The molecule has 3 rings (SSSR count). The Morgan fingerprint density at radius 1 is 1.47 bits per heavy atom. The van der Waals surface area contributed by atoms with E-state index >= 15 is 0 Å². The fourth-order valence-corrected chi connectivity index (χ4v) is 3.45. The summed E-state index contributed by atoms with van der Waals surface area (Å²) in [5, 5.41) is 0.782. The lowest BCUT2D eigenvalue weighted by molar-refractivity contribution is -0.125. The van der Waals surface area contributed by atoms with E-state index in [9.17, 15) is 4.79 Å². The first-order chi connectivity index (χ1) is 7.11. The average molecular weight is 221 g/mol. The molecule has 15 heavy (non-hydrogen) atoms. The van der Waals surface area contributed by atoms with E-state index in [2.05, 4.69) is 13.0 Å². The molecule has 0 radical (unpaired) electrons. The number of rotatable bonds is 0. The molecule has 0 N–H and O–H groups in total. The highest BCUT2D eigenvalue weighted by molar-refractivity contribution is 6.30. The van der Waals surface area contributed by atoms with Crippen LogP contribution in [0.1, 0.15) is 36.8 Å². The zero-order valence-electron chi connectivity index (χ0n) is 8.72. The summed E-state index contributed by atoms with van der Waals surface area (Å²) in [5.41, 5.74) is 2.50. The van der Waals surface area contributed by atoms with Gasteiger partial charge in [-0.25, -0.2) is 0 Å². The van der Waals surface area contributed by atoms with Crippen molar-refractivity contribution in [1.29, 1.82) is 0 Å². The van der Waals surface area contributed by atoms with Crippen molar-refractivity contribution in [3.8, 4) is 0 Å². The molecule has 0 heterocycles. The van der Waals surface area contributed by atoms with Crippen LogP contribution in [-0.2, 0) is 11.2 Å². The Labute approximate surface area is 94.4 Å². The fraction of sp³-hybridized carbons (Fsp3) is 0.462. The van der Waals surface area contributed by atoms with Gasteiger partial charge < -0.3 is 0 Å². The second-order valence-corrected chi connectivity index (χ2v) is 5.39. The topological polar surface area (TPSA) is 17.1 Å². The van der Waals surface area contributed by atoms with E-state index in [1.807, 2.05) is 12.1 Å². The summed E-state index contributed by atoms with van der Waals surface area (Å²) in [6, 6.07) is 6.06. The number of carbonyl (C=O) groups excluding carboxylic acids is 1. The van der Waals surface area contributed by atoms with Crippen LogP contribution in [0.3, 0.4) is 0 Å². The molecule has 1 saturated carbocycles. The van der Waals surface area contributed by atoms with Gasteiger partial charge in [-0.2, -0.15) is 0 Å². The van der Waals surface area contributed by atoms with Crippen LogP contribution in [0.4, 0.5) is 0 Å². The first kappa shape index (κ1) is 9.41. The average Bonchev–Trinajstić information content (AvgIpc) is 2.60. The van der Waals surface area contributed by atoms with Gasteiger partial charge in [-0.15, -0.1) is 0 Å². The number of Topliss-reactive ketones (excluding diaryl/α,β-unsaturated/α-hetero) is 1. The Bertz CT molecular complexity index is 452. The van der Waals surface area contributed by atoms with Gasteiger partial charge in [0, 0.05) is 16.9 Å². The molecule has 2 aliphatic rings. The summed E-state index contributed by atoms with van der Waals surface area (Å²) in [7, 11) is 0. The lowest BCUT2D eigenvalue weighted by Crippen LogP contribution is -2.24. The molecule has 1 aromatic rings. The minimum absolute atomic E-state index is 0.132. The van der Waals surface area contributed by atoms with Crippen LogP contribution < -0.4 is 0 Å². The van der Waals surface area contributed by atoms with E-state index in [0.29, 0.717) is 11.7 Å². The lowest BCUT2D eigenvalue weighted by atomic mass is 9.80. The van der Waals surface area contributed by atoms with Crippen LogP contribution in [0.25, 0.3) is 0 Å². The summed E-state index contributed by atoms with van der Waals surface area (Å²) < 4.78 is 0. The number of halogens is 1. The largest absolute Gasteiger partial charge is 0.299 e. The van der Waals surface area contributed by atoms with Gasteiger partial charge in [0.25, 0.3) is 0 Å². The summed E-state index contributed by atoms with van der Waals surface area (Å²) in [5.74, 6) is 0.872. The zero-order valence-corrected chi connectivity index (χ0v) is 9.47. The molecule has 0 aliphatic heterocycles. The normalized spacial score (nSPS) is 32.9. The maximum absolute atomic E-state index is 11.9. The molecular formula is C13H13ClO. The predicted octanol–water partition coefficient (Wildman–Crippen LogP) is 3.35. The van der Waals surface area contributed by atoms with E-state index in [-0.39, 0.29) is 5.41 Å². The van der Waals surface area contributed by atoms with Crippen LogP contribution in [0, 0.1) is 5.41 Å². The monoisotopic (exact) mass is 220 g/mol. The predicted molar refractivity (Wildman–Crippen MR) is 60.2 cm³/mol. The second-order valence-electron chi connectivity index (χ2n) is 4.95. The van der Waals surface area contributed by atoms with Crippen molar-refractivity contribution in [1.82, 2.24) is 0 Å². The van der Waals surface area contributed by atoms with Gasteiger partial charge in [0.05, 0.1) is 0 Å². The van der Waals surface area contributed by atoms with Gasteiger partial charge >= 0.3 is 0 Å². The molecule has 0 saturated heterocycles. The molecule has 0 unspecified atom stereocenters. The van der Waals surface area contributed by atoms with Crippen molar-refractivity contribution in [2.75, 3.05) is 0 Å². The van der Waals surface area contributed by atoms with Crippen molar-refractivity contribution >= 4 is 17.4 Å². The number of hydrogen-bond donors (Lipinski definition) is 0. The van der Waals surface area contributed by atoms with Gasteiger partial charge in [-0.3, -0.25) is 4.79 Å². The highest BCUT2D eigenvalue weighted by Gasteiger charge is 2.51. The van der Waals surface area contributed by atoms with E-state index < -0.39 is 0 Å². The van der Waals surface area contributed by atoms with Crippen LogP contribution in [-0.4, -0.2) is 5.78 Å². The minimum Gasteiger partial charge on any atom is -0.299 e. The summed E-state index contributed by atoms with van der Waals surface area (Å²) >= 11 is 5.98. The molecule has 1 nitrogen and oxygen atoms in total.